The highest BCUT2D eigenvalue weighted by Gasteiger charge is 2.19. The molecule has 0 spiro atoms. The van der Waals surface area contributed by atoms with E-state index in [9.17, 15) is 0 Å². The molecule has 2 rings (SSSR count). The molecule has 2 aromatic rings. The lowest BCUT2D eigenvalue weighted by molar-refractivity contribution is 0.182. The first-order valence-corrected chi connectivity index (χ1v) is 7.79. The number of nitrogens with zero attached hydrogens (tertiary/aromatic N) is 2. The van der Waals surface area contributed by atoms with Crippen molar-refractivity contribution in [3.8, 4) is 0 Å². The van der Waals surface area contributed by atoms with Gasteiger partial charge in [-0.3, -0.25) is 4.68 Å². The van der Waals surface area contributed by atoms with E-state index in [2.05, 4.69) is 37.0 Å². The number of halogens is 2. The highest BCUT2D eigenvalue weighted by atomic mass is 79.9. The fourth-order valence-corrected chi connectivity index (χ4v) is 3.65. The van der Waals surface area contributed by atoms with Gasteiger partial charge in [0.2, 0.25) is 0 Å². The monoisotopic (exact) mass is 393 g/mol. The number of methoxy groups -OCH3 is 1. The van der Waals surface area contributed by atoms with Gasteiger partial charge in [-0.2, -0.15) is 5.10 Å². The fourth-order valence-electron chi connectivity index (χ4n) is 1.66. The maximum absolute atomic E-state index is 6.31. The van der Waals surface area contributed by atoms with Gasteiger partial charge in [0.1, 0.15) is 0 Å². The zero-order chi connectivity index (χ0) is 13.1. The van der Waals surface area contributed by atoms with Crippen LogP contribution in [0.3, 0.4) is 0 Å². The van der Waals surface area contributed by atoms with Crippen molar-refractivity contribution in [2.75, 3.05) is 13.7 Å². The summed E-state index contributed by atoms with van der Waals surface area (Å²) in [6.45, 7) is 1.31. The summed E-state index contributed by atoms with van der Waals surface area (Å²) >= 11 is 8.58. The van der Waals surface area contributed by atoms with Crippen molar-refractivity contribution in [1.82, 2.24) is 9.78 Å². The molecule has 2 heterocycles. The first-order valence-electron chi connectivity index (χ1n) is 5.33. The predicted molar refractivity (Wildman–Crippen MR) is 79.9 cm³/mol. The maximum atomic E-state index is 6.31. The molecule has 7 heteroatoms. The zero-order valence-corrected chi connectivity index (χ0v) is 13.8. The van der Waals surface area contributed by atoms with Crippen molar-refractivity contribution >= 4 is 43.2 Å². The van der Waals surface area contributed by atoms with Crippen LogP contribution in [0.2, 0.25) is 0 Å². The van der Waals surface area contributed by atoms with Crippen molar-refractivity contribution in [3.05, 3.63) is 37.2 Å². The number of thiophene rings is 1. The largest absolute Gasteiger partial charge is 0.383 e. The van der Waals surface area contributed by atoms with Crippen molar-refractivity contribution in [3.63, 3.8) is 0 Å². The SMILES string of the molecule is COCCn1ncc(Br)c1C(N)c1cc(Br)cs1. The number of nitrogens with two attached hydrogens (primary N) is 1. The van der Waals surface area contributed by atoms with Crippen LogP contribution in [0.4, 0.5) is 0 Å². The van der Waals surface area contributed by atoms with Gasteiger partial charge in [-0.05, 0) is 37.9 Å². The highest BCUT2D eigenvalue weighted by molar-refractivity contribution is 9.10. The quantitative estimate of drug-likeness (QED) is 0.847. The summed E-state index contributed by atoms with van der Waals surface area (Å²) in [5.74, 6) is 0. The number of ether oxygens (including phenoxy) is 1. The summed E-state index contributed by atoms with van der Waals surface area (Å²) in [6.07, 6.45) is 1.77. The maximum Gasteiger partial charge on any atom is 0.0828 e. The molecule has 0 aromatic carbocycles. The number of hydrogen-bond donors (Lipinski definition) is 1. The molecule has 18 heavy (non-hydrogen) atoms. The van der Waals surface area contributed by atoms with E-state index in [1.165, 1.54) is 0 Å². The second-order valence-corrected chi connectivity index (χ2v) is 6.45. The van der Waals surface area contributed by atoms with E-state index in [0.717, 1.165) is 19.5 Å². The average Bonchev–Trinajstić information content (AvgIpc) is 2.92. The van der Waals surface area contributed by atoms with Gasteiger partial charge in [-0.25, -0.2) is 0 Å². The third-order valence-electron chi connectivity index (χ3n) is 2.53. The molecule has 0 aliphatic carbocycles. The summed E-state index contributed by atoms with van der Waals surface area (Å²) < 4.78 is 8.94. The lowest BCUT2D eigenvalue weighted by Gasteiger charge is -2.13. The first kappa shape index (κ1) is 14.2. The van der Waals surface area contributed by atoms with Crippen LogP contribution in [-0.4, -0.2) is 23.5 Å². The fraction of sp³-hybridized carbons (Fsp3) is 0.364. The van der Waals surface area contributed by atoms with E-state index in [0.29, 0.717) is 13.2 Å². The van der Waals surface area contributed by atoms with E-state index >= 15 is 0 Å². The van der Waals surface area contributed by atoms with Crippen LogP contribution in [0.1, 0.15) is 16.6 Å². The van der Waals surface area contributed by atoms with Crippen LogP contribution < -0.4 is 5.73 Å². The Bertz CT molecular complexity index is 526. The second kappa shape index (κ2) is 6.29. The Hall–Kier alpha value is -0.210. The van der Waals surface area contributed by atoms with Crippen LogP contribution in [0, 0.1) is 0 Å². The van der Waals surface area contributed by atoms with Crippen LogP contribution in [-0.2, 0) is 11.3 Å². The summed E-state index contributed by atoms with van der Waals surface area (Å²) in [5, 5.41) is 6.34. The molecule has 98 valence electrons. The van der Waals surface area contributed by atoms with Crippen molar-refractivity contribution in [2.24, 2.45) is 5.73 Å². The Morgan fingerprint density at radius 1 is 1.56 bits per heavy atom. The molecule has 0 saturated carbocycles. The van der Waals surface area contributed by atoms with Crippen LogP contribution >= 0.6 is 43.2 Å². The third-order valence-corrected chi connectivity index (χ3v) is 4.92. The normalized spacial score (nSPS) is 12.9. The van der Waals surface area contributed by atoms with Crippen molar-refractivity contribution < 1.29 is 4.74 Å². The molecular formula is C11H13Br2N3OS. The Morgan fingerprint density at radius 3 is 2.94 bits per heavy atom. The molecule has 0 fully saturated rings. The van der Waals surface area contributed by atoms with Gasteiger partial charge in [0, 0.05) is 21.8 Å². The minimum absolute atomic E-state index is 0.185. The van der Waals surface area contributed by atoms with Crippen LogP contribution in [0.25, 0.3) is 0 Å². The van der Waals surface area contributed by atoms with E-state index < -0.39 is 0 Å². The van der Waals surface area contributed by atoms with Gasteiger partial charge in [0.25, 0.3) is 0 Å². The Labute approximate surface area is 126 Å². The van der Waals surface area contributed by atoms with Gasteiger partial charge in [-0.1, -0.05) is 0 Å². The summed E-state index contributed by atoms with van der Waals surface area (Å²) in [6, 6.07) is 1.85. The lowest BCUT2D eigenvalue weighted by atomic mass is 10.2. The van der Waals surface area contributed by atoms with E-state index in [1.54, 1.807) is 24.6 Å². The van der Waals surface area contributed by atoms with Gasteiger partial charge in [0.15, 0.2) is 0 Å². The predicted octanol–water partition coefficient (Wildman–Crippen LogP) is 3.16. The molecular weight excluding hydrogens is 382 g/mol. The van der Waals surface area contributed by atoms with Gasteiger partial charge in [0.05, 0.1) is 35.6 Å². The molecule has 0 aliphatic rings. The van der Waals surface area contributed by atoms with E-state index in [-0.39, 0.29) is 6.04 Å². The minimum atomic E-state index is -0.185. The number of hydrogen-bond acceptors (Lipinski definition) is 4. The molecule has 0 radical (unpaired) electrons. The molecule has 0 aliphatic heterocycles. The summed E-state index contributed by atoms with van der Waals surface area (Å²) in [4.78, 5) is 1.10. The Morgan fingerprint density at radius 2 is 2.33 bits per heavy atom. The lowest BCUT2D eigenvalue weighted by Crippen LogP contribution is -2.18. The average molecular weight is 395 g/mol. The van der Waals surface area contributed by atoms with Crippen LogP contribution in [0.5, 0.6) is 0 Å². The highest BCUT2D eigenvalue weighted by Crippen LogP contribution is 2.31. The standard InChI is InChI=1S/C11H13Br2N3OS/c1-17-3-2-16-11(8(13)5-15-16)10(14)9-4-7(12)6-18-9/h4-6,10H,2-3,14H2,1H3. The van der Waals surface area contributed by atoms with Gasteiger partial charge in [-0.15, -0.1) is 11.3 Å². The molecule has 4 nitrogen and oxygen atoms in total. The van der Waals surface area contributed by atoms with Crippen LogP contribution in [0.15, 0.2) is 26.6 Å². The van der Waals surface area contributed by atoms with Crippen molar-refractivity contribution in [2.45, 2.75) is 12.6 Å². The smallest absolute Gasteiger partial charge is 0.0828 e. The second-order valence-electron chi connectivity index (χ2n) is 3.74. The molecule has 1 atom stereocenters. The molecule has 2 aromatic heterocycles. The summed E-state index contributed by atoms with van der Waals surface area (Å²) in [5.41, 5.74) is 7.28. The van der Waals surface area contributed by atoms with E-state index in [1.807, 2.05) is 16.1 Å². The number of aromatic nitrogens is 2. The van der Waals surface area contributed by atoms with Crippen molar-refractivity contribution in [1.29, 1.82) is 0 Å². The van der Waals surface area contributed by atoms with E-state index in [4.69, 9.17) is 10.5 Å². The van der Waals surface area contributed by atoms with Gasteiger partial charge >= 0.3 is 0 Å². The molecule has 0 saturated heterocycles. The summed E-state index contributed by atoms with van der Waals surface area (Å²) in [7, 11) is 1.68. The Balaban J connectivity index is 2.28. The first-order chi connectivity index (χ1) is 8.63. The third kappa shape index (κ3) is 3.03. The zero-order valence-electron chi connectivity index (χ0n) is 9.77. The molecule has 0 bridgehead atoms. The molecule has 0 amide bonds. The topological polar surface area (TPSA) is 53.1 Å². The molecule has 1 unspecified atom stereocenters. The minimum Gasteiger partial charge on any atom is -0.383 e. The Kier molecular flexibility index (Phi) is 4.97. The van der Waals surface area contributed by atoms with Gasteiger partial charge < -0.3 is 10.5 Å². The number of rotatable bonds is 5. The molecule has 2 N–H and O–H groups in total.